The van der Waals surface area contributed by atoms with Crippen LogP contribution < -0.4 is 5.56 Å². The van der Waals surface area contributed by atoms with Gasteiger partial charge in [-0.2, -0.15) is 5.26 Å². The summed E-state index contributed by atoms with van der Waals surface area (Å²) in [5, 5.41) is 17.0. The van der Waals surface area contributed by atoms with Crippen LogP contribution in [0.15, 0.2) is 29.3 Å². The van der Waals surface area contributed by atoms with E-state index in [1.54, 1.807) is 30.0 Å². The number of aromatic nitrogens is 6. The fraction of sp³-hybridized carbons (Fsp3) is 0.133. The topological polar surface area (TPSA) is 162 Å². The van der Waals surface area contributed by atoms with Crippen LogP contribution in [-0.2, 0) is 10.7 Å². The van der Waals surface area contributed by atoms with Gasteiger partial charge in [0.25, 0.3) is 5.56 Å². The van der Waals surface area contributed by atoms with Crippen LogP contribution >= 0.6 is 7.60 Å². The van der Waals surface area contributed by atoms with Crippen molar-refractivity contribution >= 4 is 24.3 Å². The second kappa shape index (κ2) is 5.85. The molecule has 1 aromatic carbocycles. The lowest BCUT2D eigenvalue weighted by molar-refractivity contribution is 0.370. The largest absolute Gasteiger partial charge is 0.333 e. The molecule has 0 spiro atoms. The van der Waals surface area contributed by atoms with Gasteiger partial charge in [0.1, 0.15) is 23.9 Å². The van der Waals surface area contributed by atoms with Crippen LogP contribution in [0.5, 0.6) is 0 Å². The van der Waals surface area contributed by atoms with Crippen molar-refractivity contribution in [3.63, 3.8) is 0 Å². The predicted molar refractivity (Wildman–Crippen MR) is 93.4 cm³/mol. The smallest absolute Gasteiger partial charge is 0.324 e. The number of rotatable bonds is 3. The van der Waals surface area contributed by atoms with E-state index in [1.807, 2.05) is 0 Å². The van der Waals surface area contributed by atoms with E-state index < -0.39 is 19.3 Å². The third-order valence-corrected chi connectivity index (χ3v) is 4.78. The van der Waals surface area contributed by atoms with Crippen LogP contribution in [0.4, 0.5) is 0 Å². The maximum atomic E-state index is 12.3. The highest BCUT2D eigenvalue weighted by Gasteiger charge is 2.22. The van der Waals surface area contributed by atoms with E-state index in [-0.39, 0.29) is 11.5 Å². The quantitative estimate of drug-likeness (QED) is 0.432. The van der Waals surface area contributed by atoms with Crippen LogP contribution in [-0.4, -0.2) is 38.9 Å². The van der Waals surface area contributed by atoms with Crippen LogP contribution in [0.2, 0.25) is 0 Å². The van der Waals surface area contributed by atoms with Crippen LogP contribution in [0.3, 0.4) is 0 Å². The van der Waals surface area contributed by atoms with E-state index in [2.05, 4.69) is 26.2 Å². The molecule has 27 heavy (non-hydrogen) atoms. The van der Waals surface area contributed by atoms with Crippen molar-refractivity contribution in [2.24, 2.45) is 0 Å². The number of hydrogen-bond acceptors (Lipinski definition) is 6. The molecule has 0 aliphatic rings. The highest BCUT2D eigenvalue weighted by Crippen LogP contribution is 2.38. The summed E-state index contributed by atoms with van der Waals surface area (Å²) < 4.78 is 14.4. The number of H-pyrrole nitrogens is 1. The number of aryl methyl sites for hydroxylation is 1. The number of imidazole rings is 1. The van der Waals surface area contributed by atoms with Crippen molar-refractivity contribution in [1.29, 1.82) is 5.26 Å². The van der Waals surface area contributed by atoms with E-state index in [9.17, 15) is 24.4 Å². The van der Waals surface area contributed by atoms with Gasteiger partial charge in [-0.15, -0.1) is 10.2 Å². The Morgan fingerprint density at radius 1 is 1.33 bits per heavy atom. The third kappa shape index (κ3) is 2.82. The van der Waals surface area contributed by atoms with Crippen LogP contribution in [0.1, 0.15) is 17.2 Å². The first kappa shape index (κ1) is 17.1. The van der Waals surface area contributed by atoms with Crippen molar-refractivity contribution in [2.45, 2.75) is 13.1 Å². The lowest BCUT2D eigenvalue weighted by atomic mass is 10.1. The standard InChI is InChI=1S/C15H12N7O4P/c1-8-17-2-3-21(8)11-5-12-10(4-9(11)6-16)18-15(23)14-20-19-13(22(12)14)7-27(24,25)26/h2-5H,7H2,1H3,(H,18,23)(H2,24,25,26). The third-order valence-electron chi connectivity index (χ3n) is 4.09. The Balaban J connectivity index is 2.13. The fourth-order valence-electron chi connectivity index (χ4n) is 2.97. The molecule has 3 heterocycles. The number of nitrogens with one attached hydrogen (secondary N) is 1. The summed E-state index contributed by atoms with van der Waals surface area (Å²) in [7, 11) is -4.44. The van der Waals surface area contributed by atoms with Gasteiger partial charge < -0.3 is 19.3 Å². The molecule has 0 bridgehead atoms. The molecular formula is C15H12N7O4P. The summed E-state index contributed by atoms with van der Waals surface area (Å²) >= 11 is 0. The van der Waals surface area contributed by atoms with Gasteiger partial charge >= 0.3 is 7.60 Å². The maximum Gasteiger partial charge on any atom is 0.333 e. The lowest BCUT2D eigenvalue weighted by Gasteiger charge is -2.11. The summed E-state index contributed by atoms with van der Waals surface area (Å²) in [4.78, 5) is 37.6. The fourth-order valence-corrected chi connectivity index (χ4v) is 3.54. The average molecular weight is 385 g/mol. The minimum atomic E-state index is -4.44. The summed E-state index contributed by atoms with van der Waals surface area (Å²) in [5.74, 6) is 0.596. The van der Waals surface area contributed by atoms with Crippen LogP contribution in [0, 0.1) is 18.3 Å². The van der Waals surface area contributed by atoms with Gasteiger partial charge in [0.05, 0.1) is 22.3 Å². The van der Waals surface area contributed by atoms with Gasteiger partial charge in [-0.05, 0) is 19.1 Å². The average Bonchev–Trinajstić information content (AvgIpc) is 3.19. The van der Waals surface area contributed by atoms with Gasteiger partial charge in [0.2, 0.25) is 5.65 Å². The molecule has 0 unspecified atom stereocenters. The Kier molecular flexibility index (Phi) is 3.71. The van der Waals surface area contributed by atoms with E-state index in [0.29, 0.717) is 28.1 Å². The zero-order valence-corrected chi connectivity index (χ0v) is 14.8. The van der Waals surface area contributed by atoms with Gasteiger partial charge in [-0.3, -0.25) is 13.8 Å². The van der Waals surface area contributed by atoms with Crippen molar-refractivity contribution in [2.75, 3.05) is 0 Å². The Bertz CT molecular complexity index is 1350. The molecule has 0 amide bonds. The molecule has 0 radical (unpaired) electrons. The number of benzene rings is 1. The SMILES string of the molecule is Cc1nccn1-c1cc2c(cc1C#N)[nH]c(=O)c1nnc(CP(=O)(O)O)n12. The number of nitriles is 1. The molecule has 4 rings (SSSR count). The molecule has 0 saturated carbocycles. The first-order valence-electron chi connectivity index (χ1n) is 7.67. The molecule has 0 fully saturated rings. The summed E-state index contributed by atoms with van der Waals surface area (Å²) in [6.45, 7) is 1.77. The zero-order chi connectivity index (χ0) is 19.3. The summed E-state index contributed by atoms with van der Waals surface area (Å²) in [5.41, 5.74) is 0.844. The molecule has 3 N–H and O–H groups in total. The van der Waals surface area contributed by atoms with E-state index in [1.165, 1.54) is 10.5 Å². The molecule has 136 valence electrons. The highest BCUT2D eigenvalue weighted by molar-refractivity contribution is 7.50. The molecule has 12 heteroatoms. The first-order chi connectivity index (χ1) is 12.8. The monoisotopic (exact) mass is 385 g/mol. The molecule has 0 atom stereocenters. The van der Waals surface area contributed by atoms with Gasteiger partial charge in [0.15, 0.2) is 0 Å². The zero-order valence-electron chi connectivity index (χ0n) is 13.9. The minimum absolute atomic E-state index is 0.0487. The molecule has 11 nitrogen and oxygen atoms in total. The Hall–Kier alpha value is -3.32. The normalized spacial score (nSPS) is 11.9. The summed E-state index contributed by atoms with van der Waals surface area (Å²) in [6.07, 6.45) is 2.59. The second-order valence-electron chi connectivity index (χ2n) is 5.89. The van der Waals surface area contributed by atoms with Crippen molar-refractivity contribution in [3.05, 3.63) is 52.1 Å². The van der Waals surface area contributed by atoms with Gasteiger partial charge in [-0.1, -0.05) is 0 Å². The molecular weight excluding hydrogens is 373 g/mol. The number of fused-ring (bicyclic) bond motifs is 3. The molecule has 4 aromatic rings. The van der Waals surface area contributed by atoms with Crippen molar-refractivity contribution in [1.82, 2.24) is 29.1 Å². The Morgan fingerprint density at radius 2 is 2.11 bits per heavy atom. The van der Waals surface area contributed by atoms with E-state index in [0.717, 1.165) is 0 Å². The highest BCUT2D eigenvalue weighted by atomic mass is 31.2. The predicted octanol–water partition coefficient (Wildman–Crippen LogP) is 0.614. The Morgan fingerprint density at radius 3 is 2.74 bits per heavy atom. The molecule has 3 aromatic heterocycles. The molecule has 0 saturated heterocycles. The van der Waals surface area contributed by atoms with Crippen molar-refractivity contribution < 1.29 is 14.4 Å². The number of aromatic amines is 1. The number of hydrogen-bond donors (Lipinski definition) is 3. The van der Waals surface area contributed by atoms with Crippen molar-refractivity contribution in [3.8, 4) is 11.8 Å². The van der Waals surface area contributed by atoms with Gasteiger partial charge in [-0.25, -0.2) is 4.98 Å². The first-order valence-corrected chi connectivity index (χ1v) is 9.47. The lowest BCUT2D eigenvalue weighted by Crippen LogP contribution is -2.13. The maximum absolute atomic E-state index is 12.3. The van der Waals surface area contributed by atoms with Crippen LogP contribution in [0.25, 0.3) is 22.4 Å². The second-order valence-corrected chi connectivity index (χ2v) is 7.54. The van der Waals surface area contributed by atoms with E-state index >= 15 is 0 Å². The molecule has 0 aliphatic heterocycles. The Labute approximate surface area is 150 Å². The van der Waals surface area contributed by atoms with E-state index in [4.69, 9.17) is 0 Å². The summed E-state index contributed by atoms with van der Waals surface area (Å²) in [6, 6.07) is 5.20. The molecule has 0 aliphatic carbocycles. The number of nitrogens with zero attached hydrogens (tertiary/aromatic N) is 6. The minimum Gasteiger partial charge on any atom is -0.324 e. The van der Waals surface area contributed by atoms with Gasteiger partial charge in [0, 0.05) is 12.4 Å².